The van der Waals surface area contributed by atoms with Gasteiger partial charge in [-0.15, -0.1) is 0 Å². The zero-order valence-corrected chi connectivity index (χ0v) is 11.6. The fourth-order valence-corrected chi connectivity index (χ4v) is 1.80. The highest BCUT2D eigenvalue weighted by molar-refractivity contribution is 4.74. The Bertz CT molecular complexity index is 230. The number of ether oxygens (including phenoxy) is 2. The van der Waals surface area contributed by atoms with E-state index in [1.165, 1.54) is 0 Å². The molecule has 1 aliphatic rings. The number of nitrogens with zero attached hydrogens (tertiary/aromatic N) is 1. The minimum Gasteiger partial charge on any atom is -0.371 e. The fraction of sp³-hybridized carbons (Fsp3) is 1.00. The molecule has 0 spiro atoms. The first-order valence-corrected chi connectivity index (χ1v) is 6.20. The van der Waals surface area contributed by atoms with Crippen molar-refractivity contribution >= 4 is 0 Å². The number of likely N-dealkylation sites (N-methyl/N-ethyl adjacent to an activating group) is 1. The first kappa shape index (κ1) is 14.9. The monoisotopic (exact) mass is 246 g/mol. The molecule has 5 nitrogen and oxygen atoms in total. The molecular formula is C12H26N2O3. The molecule has 0 amide bonds. The average Bonchev–Trinajstić information content (AvgIpc) is 2.14. The highest BCUT2D eigenvalue weighted by Gasteiger charge is 2.25. The number of morpholine rings is 1. The topological polar surface area (TPSA) is 54.0 Å². The van der Waals surface area contributed by atoms with E-state index < -0.39 is 6.41 Å². The molecular weight excluding hydrogens is 220 g/mol. The van der Waals surface area contributed by atoms with Gasteiger partial charge in [-0.05, 0) is 34.7 Å². The molecule has 1 saturated heterocycles. The summed E-state index contributed by atoms with van der Waals surface area (Å²) >= 11 is 0. The zero-order valence-electron chi connectivity index (χ0n) is 11.6. The van der Waals surface area contributed by atoms with E-state index in [0.717, 1.165) is 13.1 Å². The van der Waals surface area contributed by atoms with Crippen LogP contribution in [0.15, 0.2) is 0 Å². The lowest BCUT2D eigenvalue weighted by Crippen LogP contribution is -2.50. The van der Waals surface area contributed by atoms with Gasteiger partial charge >= 0.3 is 0 Å². The van der Waals surface area contributed by atoms with Crippen LogP contribution in [0.25, 0.3) is 0 Å². The summed E-state index contributed by atoms with van der Waals surface area (Å²) in [6, 6.07) is 0. The normalized spacial score (nSPS) is 28.4. The molecule has 5 heteroatoms. The van der Waals surface area contributed by atoms with Crippen molar-refractivity contribution in [2.75, 3.05) is 26.7 Å². The van der Waals surface area contributed by atoms with Gasteiger partial charge < -0.3 is 19.9 Å². The summed E-state index contributed by atoms with van der Waals surface area (Å²) in [5, 5.41) is 13.2. The largest absolute Gasteiger partial charge is 0.371 e. The Morgan fingerprint density at radius 2 is 2.12 bits per heavy atom. The number of aliphatic hydroxyl groups is 1. The van der Waals surface area contributed by atoms with Crippen LogP contribution in [0.4, 0.5) is 0 Å². The Morgan fingerprint density at radius 3 is 2.65 bits per heavy atom. The molecule has 0 radical (unpaired) electrons. The maximum absolute atomic E-state index is 9.88. The number of aliphatic hydroxyl groups excluding tert-OH is 1. The lowest BCUT2D eigenvalue weighted by molar-refractivity contribution is -0.239. The van der Waals surface area contributed by atoms with E-state index >= 15 is 0 Å². The molecule has 1 fully saturated rings. The summed E-state index contributed by atoms with van der Waals surface area (Å²) in [6.45, 7) is 10.2. The van der Waals surface area contributed by atoms with Crippen LogP contribution in [0.3, 0.4) is 0 Å². The zero-order chi connectivity index (χ0) is 13.1. The van der Waals surface area contributed by atoms with Crippen LogP contribution < -0.4 is 5.32 Å². The Hall–Kier alpha value is -0.200. The van der Waals surface area contributed by atoms with Gasteiger partial charge in [0.05, 0.1) is 17.8 Å². The lowest BCUT2D eigenvalue weighted by Gasteiger charge is -2.35. The van der Waals surface area contributed by atoms with Crippen molar-refractivity contribution < 1.29 is 14.6 Å². The highest BCUT2D eigenvalue weighted by Crippen LogP contribution is 2.12. The Labute approximate surface area is 104 Å². The lowest BCUT2D eigenvalue weighted by atomic mass is 10.2. The Balaban J connectivity index is 2.34. The highest BCUT2D eigenvalue weighted by atomic mass is 16.6. The summed E-state index contributed by atoms with van der Waals surface area (Å²) in [6.07, 6.45) is -0.569. The van der Waals surface area contributed by atoms with Crippen LogP contribution in [0, 0.1) is 0 Å². The maximum Gasteiger partial charge on any atom is 0.216 e. The molecule has 1 aliphatic heterocycles. The Morgan fingerprint density at radius 1 is 1.47 bits per heavy atom. The van der Waals surface area contributed by atoms with Crippen LogP contribution in [-0.4, -0.2) is 60.9 Å². The van der Waals surface area contributed by atoms with E-state index in [2.05, 4.69) is 5.32 Å². The predicted octanol–water partition coefficient (Wildman–Crippen LogP) is 0.386. The molecule has 17 heavy (non-hydrogen) atoms. The minimum absolute atomic E-state index is 0.0990. The van der Waals surface area contributed by atoms with E-state index in [9.17, 15) is 5.11 Å². The van der Waals surface area contributed by atoms with Crippen molar-refractivity contribution in [1.82, 2.24) is 10.2 Å². The number of hydrogen-bond acceptors (Lipinski definition) is 5. The number of rotatable bonds is 4. The number of hydrogen-bond donors (Lipinski definition) is 2. The van der Waals surface area contributed by atoms with Crippen molar-refractivity contribution in [3.05, 3.63) is 0 Å². The van der Waals surface area contributed by atoms with Crippen molar-refractivity contribution in [1.29, 1.82) is 0 Å². The van der Waals surface area contributed by atoms with Crippen molar-refractivity contribution in [2.24, 2.45) is 0 Å². The Kier molecular flexibility index (Phi) is 5.34. The van der Waals surface area contributed by atoms with E-state index in [0.29, 0.717) is 6.54 Å². The van der Waals surface area contributed by atoms with Gasteiger partial charge in [-0.1, -0.05) is 0 Å². The van der Waals surface area contributed by atoms with E-state index in [-0.39, 0.29) is 17.8 Å². The molecule has 0 aromatic carbocycles. The van der Waals surface area contributed by atoms with Gasteiger partial charge in [0.15, 0.2) is 0 Å². The smallest absolute Gasteiger partial charge is 0.216 e. The first-order chi connectivity index (χ1) is 7.78. The molecule has 2 N–H and O–H groups in total. The van der Waals surface area contributed by atoms with Crippen LogP contribution >= 0.6 is 0 Å². The van der Waals surface area contributed by atoms with Crippen LogP contribution in [-0.2, 0) is 9.47 Å². The molecule has 0 bridgehead atoms. The molecule has 0 aromatic rings. The van der Waals surface area contributed by atoms with Gasteiger partial charge in [0.1, 0.15) is 0 Å². The second-order valence-corrected chi connectivity index (χ2v) is 5.72. The number of nitrogens with one attached hydrogen (secondary N) is 1. The van der Waals surface area contributed by atoms with Crippen LogP contribution in [0.5, 0.6) is 0 Å². The van der Waals surface area contributed by atoms with Gasteiger partial charge in [0.25, 0.3) is 0 Å². The van der Waals surface area contributed by atoms with Crippen molar-refractivity contribution in [2.45, 2.75) is 51.9 Å². The summed E-state index contributed by atoms with van der Waals surface area (Å²) < 4.78 is 11.2. The summed E-state index contributed by atoms with van der Waals surface area (Å²) in [4.78, 5) is 1.76. The molecule has 3 atom stereocenters. The molecule has 1 heterocycles. The second-order valence-electron chi connectivity index (χ2n) is 5.72. The van der Waals surface area contributed by atoms with E-state index in [4.69, 9.17) is 9.47 Å². The second kappa shape index (κ2) is 6.11. The molecule has 0 aromatic heterocycles. The van der Waals surface area contributed by atoms with Gasteiger partial charge in [-0.25, -0.2) is 0 Å². The summed E-state index contributed by atoms with van der Waals surface area (Å²) in [5.74, 6) is 0. The van der Waals surface area contributed by atoms with Crippen molar-refractivity contribution in [3.8, 4) is 0 Å². The van der Waals surface area contributed by atoms with Crippen LogP contribution in [0.1, 0.15) is 27.7 Å². The summed E-state index contributed by atoms with van der Waals surface area (Å²) in [5.41, 5.74) is -0.355. The molecule has 1 rings (SSSR count). The van der Waals surface area contributed by atoms with E-state index in [1.807, 2.05) is 34.7 Å². The van der Waals surface area contributed by atoms with Gasteiger partial charge in [-0.2, -0.15) is 0 Å². The third-order valence-corrected chi connectivity index (χ3v) is 2.56. The van der Waals surface area contributed by atoms with Gasteiger partial charge in [-0.3, -0.25) is 4.90 Å². The van der Waals surface area contributed by atoms with Gasteiger partial charge in [0.2, 0.25) is 6.41 Å². The van der Waals surface area contributed by atoms with Gasteiger partial charge in [0, 0.05) is 19.6 Å². The standard InChI is InChI=1S/C12H26N2O3/c1-9-6-13-7-10(16-9)8-14(5)11(15)17-12(2,3)4/h9-11,13,15H,6-8H2,1-5H3. The third-order valence-electron chi connectivity index (χ3n) is 2.56. The quantitative estimate of drug-likeness (QED) is 0.703. The van der Waals surface area contributed by atoms with Crippen molar-refractivity contribution in [3.63, 3.8) is 0 Å². The summed E-state index contributed by atoms with van der Waals surface area (Å²) in [7, 11) is 1.83. The fourth-order valence-electron chi connectivity index (χ4n) is 1.80. The maximum atomic E-state index is 9.88. The molecule has 0 saturated carbocycles. The SMILES string of the molecule is CC1CNCC(CN(C)C(O)OC(C)(C)C)O1. The molecule has 102 valence electrons. The van der Waals surface area contributed by atoms with E-state index in [1.54, 1.807) is 4.90 Å². The third kappa shape index (κ3) is 5.79. The minimum atomic E-state index is -0.893. The predicted molar refractivity (Wildman–Crippen MR) is 66.7 cm³/mol. The van der Waals surface area contributed by atoms with Crippen LogP contribution in [0.2, 0.25) is 0 Å². The molecule has 3 unspecified atom stereocenters. The first-order valence-electron chi connectivity index (χ1n) is 6.20. The molecule has 0 aliphatic carbocycles. The average molecular weight is 246 g/mol.